The van der Waals surface area contributed by atoms with Gasteiger partial charge in [-0.15, -0.1) is 0 Å². The number of benzene rings is 2. The number of carbonyl (C=O) groups excluding carboxylic acids is 1. The number of ether oxygens (including phenoxy) is 2. The molecule has 0 saturated heterocycles. The van der Waals surface area contributed by atoms with Crippen molar-refractivity contribution < 1.29 is 29.0 Å². The summed E-state index contributed by atoms with van der Waals surface area (Å²) in [7, 11) is 0. The van der Waals surface area contributed by atoms with Crippen LogP contribution in [0, 0.1) is 0 Å². The smallest absolute Gasteiger partial charge is 0.347 e. The van der Waals surface area contributed by atoms with Gasteiger partial charge in [-0.2, -0.15) is 0 Å². The number of esters is 1. The lowest BCUT2D eigenvalue weighted by Crippen LogP contribution is -2.11. The Morgan fingerprint density at radius 3 is 2.44 bits per heavy atom. The van der Waals surface area contributed by atoms with E-state index in [2.05, 4.69) is 5.16 Å². The number of oxime groups is 1. The lowest BCUT2D eigenvalue weighted by molar-refractivity contribution is -0.148. The van der Waals surface area contributed by atoms with Gasteiger partial charge in [-0.25, -0.2) is 9.59 Å². The fourth-order valence-corrected chi connectivity index (χ4v) is 2.25. The molecule has 1 N–H and O–H groups in total. The highest BCUT2D eigenvalue weighted by Gasteiger charge is 2.05. The summed E-state index contributed by atoms with van der Waals surface area (Å²) in [6.45, 7) is 3.19. The predicted octanol–water partition coefficient (Wildman–Crippen LogP) is 3.12. The van der Waals surface area contributed by atoms with E-state index >= 15 is 0 Å². The summed E-state index contributed by atoms with van der Waals surface area (Å²) in [4.78, 5) is 26.8. The molecule has 2 aromatic carbocycles. The lowest BCUT2D eigenvalue weighted by Gasteiger charge is -2.08. The number of aliphatic carboxylic acids is 1. The van der Waals surface area contributed by atoms with Crippen LogP contribution in [0.15, 0.2) is 53.7 Å². The van der Waals surface area contributed by atoms with Crippen molar-refractivity contribution >= 4 is 17.7 Å². The van der Waals surface area contributed by atoms with Crippen LogP contribution in [-0.2, 0) is 19.2 Å². The Morgan fingerprint density at radius 1 is 1.04 bits per heavy atom. The quantitative estimate of drug-likeness (QED) is 0.413. The van der Waals surface area contributed by atoms with Gasteiger partial charge in [-0.05, 0) is 42.7 Å². The van der Waals surface area contributed by atoms with Crippen LogP contribution in [0.3, 0.4) is 0 Å². The van der Waals surface area contributed by atoms with Gasteiger partial charge >= 0.3 is 11.9 Å². The maximum atomic E-state index is 11.2. The summed E-state index contributed by atoms with van der Waals surface area (Å²) in [5.41, 5.74) is 3.32. The molecule has 0 atom stereocenters. The second-order valence-corrected chi connectivity index (χ2v) is 5.54. The SMILES string of the molecule is CCOC(=O)CON=C(C)c1ccc(-c2cccc(OCC(=O)O)c2)cc1. The van der Waals surface area contributed by atoms with Crippen molar-refractivity contribution in [3.63, 3.8) is 0 Å². The number of hydrogen-bond acceptors (Lipinski definition) is 6. The van der Waals surface area contributed by atoms with Crippen LogP contribution in [0.2, 0.25) is 0 Å². The minimum atomic E-state index is -1.02. The highest BCUT2D eigenvalue weighted by Crippen LogP contribution is 2.24. The van der Waals surface area contributed by atoms with Gasteiger partial charge in [0.15, 0.2) is 6.61 Å². The van der Waals surface area contributed by atoms with Crippen molar-refractivity contribution in [3.05, 3.63) is 54.1 Å². The third-order valence-corrected chi connectivity index (χ3v) is 3.52. The van der Waals surface area contributed by atoms with Crippen molar-refractivity contribution in [1.29, 1.82) is 0 Å². The molecular formula is C20H21NO6. The van der Waals surface area contributed by atoms with Crippen LogP contribution in [0.25, 0.3) is 11.1 Å². The van der Waals surface area contributed by atoms with E-state index < -0.39 is 11.9 Å². The van der Waals surface area contributed by atoms with E-state index in [4.69, 9.17) is 19.4 Å². The topological polar surface area (TPSA) is 94.4 Å². The molecule has 0 aliphatic carbocycles. The summed E-state index contributed by atoms with van der Waals surface area (Å²) in [5, 5.41) is 12.6. The van der Waals surface area contributed by atoms with E-state index in [-0.39, 0.29) is 13.2 Å². The molecule has 7 nitrogen and oxygen atoms in total. The highest BCUT2D eigenvalue weighted by atomic mass is 16.7. The molecule has 0 aliphatic rings. The van der Waals surface area contributed by atoms with Crippen molar-refractivity contribution in [2.24, 2.45) is 5.16 Å². The molecular weight excluding hydrogens is 350 g/mol. The lowest BCUT2D eigenvalue weighted by atomic mass is 10.0. The summed E-state index contributed by atoms with van der Waals surface area (Å²) < 4.78 is 9.96. The van der Waals surface area contributed by atoms with E-state index in [0.29, 0.717) is 18.1 Å². The minimum absolute atomic E-state index is 0.230. The Labute approximate surface area is 157 Å². The summed E-state index contributed by atoms with van der Waals surface area (Å²) in [6, 6.07) is 14.8. The molecule has 2 rings (SSSR count). The van der Waals surface area contributed by atoms with Gasteiger partial charge in [0.25, 0.3) is 0 Å². The number of carbonyl (C=O) groups is 2. The number of hydrogen-bond donors (Lipinski definition) is 1. The number of carboxylic acids is 1. The molecule has 0 amide bonds. The first-order chi connectivity index (χ1) is 13.0. The van der Waals surface area contributed by atoms with E-state index in [0.717, 1.165) is 16.7 Å². The normalized spacial score (nSPS) is 11.0. The van der Waals surface area contributed by atoms with Crippen LogP contribution in [0.5, 0.6) is 5.75 Å². The third kappa shape index (κ3) is 6.47. The first kappa shape index (κ1) is 20.0. The molecule has 0 heterocycles. The predicted molar refractivity (Wildman–Crippen MR) is 99.8 cm³/mol. The van der Waals surface area contributed by atoms with Gasteiger partial charge < -0.3 is 19.4 Å². The minimum Gasteiger partial charge on any atom is -0.482 e. The molecule has 0 aliphatic heterocycles. The second-order valence-electron chi connectivity index (χ2n) is 5.54. The van der Waals surface area contributed by atoms with E-state index in [9.17, 15) is 9.59 Å². The zero-order valence-electron chi connectivity index (χ0n) is 15.2. The monoisotopic (exact) mass is 371 g/mol. The zero-order valence-corrected chi connectivity index (χ0v) is 15.2. The highest BCUT2D eigenvalue weighted by molar-refractivity contribution is 5.98. The van der Waals surface area contributed by atoms with Gasteiger partial charge in [0.1, 0.15) is 5.75 Å². The van der Waals surface area contributed by atoms with Crippen LogP contribution >= 0.6 is 0 Å². The number of carboxylic acid groups (broad SMARTS) is 1. The largest absolute Gasteiger partial charge is 0.482 e. The van der Waals surface area contributed by atoms with E-state index in [1.165, 1.54) is 0 Å². The van der Waals surface area contributed by atoms with Crippen LogP contribution in [0.4, 0.5) is 0 Å². The fraction of sp³-hybridized carbons (Fsp3) is 0.250. The number of nitrogens with zero attached hydrogens (tertiary/aromatic N) is 1. The van der Waals surface area contributed by atoms with E-state index in [1.807, 2.05) is 30.3 Å². The molecule has 0 aromatic heterocycles. The molecule has 0 unspecified atom stereocenters. The zero-order chi connectivity index (χ0) is 19.6. The molecule has 0 spiro atoms. The van der Waals surface area contributed by atoms with Crippen LogP contribution in [-0.4, -0.2) is 42.6 Å². The Bertz CT molecular complexity index is 813. The van der Waals surface area contributed by atoms with Crippen molar-refractivity contribution in [1.82, 2.24) is 0 Å². The molecule has 2 aromatic rings. The van der Waals surface area contributed by atoms with Gasteiger partial charge in [-0.1, -0.05) is 41.6 Å². The standard InChI is InChI=1S/C20H21NO6/c1-3-25-20(24)13-27-21-14(2)15-7-9-16(10-8-15)17-5-4-6-18(11-17)26-12-19(22)23/h4-11H,3,12-13H2,1-2H3,(H,22,23). The van der Waals surface area contributed by atoms with Crippen molar-refractivity contribution in [2.75, 3.05) is 19.8 Å². The maximum Gasteiger partial charge on any atom is 0.347 e. The maximum absolute atomic E-state index is 11.2. The first-order valence-electron chi connectivity index (χ1n) is 8.37. The van der Waals surface area contributed by atoms with Crippen molar-refractivity contribution in [2.45, 2.75) is 13.8 Å². The third-order valence-electron chi connectivity index (χ3n) is 3.52. The Hall–Kier alpha value is -3.35. The average molecular weight is 371 g/mol. The molecule has 0 bridgehead atoms. The van der Waals surface area contributed by atoms with Gasteiger partial charge in [0, 0.05) is 0 Å². The summed E-state index contributed by atoms with van der Waals surface area (Å²) in [5.74, 6) is -0.997. The van der Waals surface area contributed by atoms with Crippen molar-refractivity contribution in [3.8, 4) is 16.9 Å². The fourth-order valence-electron chi connectivity index (χ4n) is 2.25. The molecule has 0 fully saturated rings. The molecule has 27 heavy (non-hydrogen) atoms. The Kier molecular flexibility index (Phi) is 7.37. The molecule has 142 valence electrons. The van der Waals surface area contributed by atoms with Crippen LogP contribution < -0.4 is 4.74 Å². The number of rotatable bonds is 9. The summed E-state index contributed by atoms with van der Waals surface area (Å²) >= 11 is 0. The average Bonchev–Trinajstić information content (AvgIpc) is 2.67. The summed E-state index contributed by atoms with van der Waals surface area (Å²) in [6.07, 6.45) is 0. The van der Waals surface area contributed by atoms with Gasteiger partial charge in [-0.3, -0.25) is 0 Å². The van der Waals surface area contributed by atoms with Gasteiger partial charge in [0.05, 0.1) is 12.3 Å². The molecule has 0 saturated carbocycles. The second kappa shape index (κ2) is 9.96. The Balaban J connectivity index is 2.03. The first-order valence-corrected chi connectivity index (χ1v) is 8.37. The van der Waals surface area contributed by atoms with Gasteiger partial charge in [0.2, 0.25) is 6.61 Å². The Morgan fingerprint density at radius 2 is 1.78 bits per heavy atom. The van der Waals surface area contributed by atoms with Crippen LogP contribution in [0.1, 0.15) is 19.4 Å². The van der Waals surface area contributed by atoms with E-state index in [1.54, 1.807) is 32.0 Å². The molecule has 0 radical (unpaired) electrons. The molecule has 7 heteroatoms.